The van der Waals surface area contributed by atoms with Crippen LogP contribution in [0, 0.1) is 12.7 Å². The maximum atomic E-state index is 15.0. The van der Waals surface area contributed by atoms with E-state index in [1.165, 1.54) is 17.3 Å². The van der Waals surface area contributed by atoms with E-state index in [4.69, 9.17) is 0 Å². The van der Waals surface area contributed by atoms with Gasteiger partial charge < -0.3 is 14.9 Å². The van der Waals surface area contributed by atoms with E-state index in [1.807, 2.05) is 33.2 Å². The van der Waals surface area contributed by atoms with Crippen LogP contribution in [0.4, 0.5) is 15.8 Å². The van der Waals surface area contributed by atoms with Gasteiger partial charge in [-0.25, -0.2) is 4.39 Å². The zero-order chi connectivity index (χ0) is 22.7. The van der Waals surface area contributed by atoms with Crippen LogP contribution in [0.25, 0.3) is 0 Å². The summed E-state index contributed by atoms with van der Waals surface area (Å²) in [6, 6.07) is 17.3. The molecule has 5 nitrogen and oxygen atoms in total. The number of benzene rings is 2. The van der Waals surface area contributed by atoms with Crippen molar-refractivity contribution in [2.24, 2.45) is 0 Å². The predicted octanol–water partition coefficient (Wildman–Crippen LogP) is 4.00. The summed E-state index contributed by atoms with van der Waals surface area (Å²) >= 11 is 0. The van der Waals surface area contributed by atoms with Crippen molar-refractivity contribution >= 4 is 11.4 Å². The van der Waals surface area contributed by atoms with Crippen LogP contribution in [0.15, 0.2) is 60.8 Å². The van der Waals surface area contributed by atoms with E-state index in [-0.39, 0.29) is 5.82 Å². The molecule has 1 unspecified atom stereocenters. The minimum absolute atomic E-state index is 0.303. The molecule has 0 aliphatic carbocycles. The van der Waals surface area contributed by atoms with Crippen molar-refractivity contribution in [1.82, 2.24) is 9.88 Å². The Labute approximate surface area is 189 Å². The summed E-state index contributed by atoms with van der Waals surface area (Å²) in [6.45, 7) is 5.87. The number of nitrogens with zero attached hydrogens (tertiary/aromatic N) is 4. The van der Waals surface area contributed by atoms with Crippen LogP contribution in [0.1, 0.15) is 28.5 Å². The van der Waals surface area contributed by atoms with Gasteiger partial charge in [-0.1, -0.05) is 30.3 Å². The summed E-state index contributed by atoms with van der Waals surface area (Å²) in [6.07, 6.45) is 0.698. The lowest BCUT2D eigenvalue weighted by molar-refractivity contribution is 0.213. The number of hydrogen-bond acceptors (Lipinski definition) is 5. The van der Waals surface area contributed by atoms with Crippen molar-refractivity contribution in [1.29, 1.82) is 0 Å². The molecule has 1 aliphatic heterocycles. The number of para-hydroxylation sites is 1. The lowest BCUT2D eigenvalue weighted by atomic mass is 9.99. The van der Waals surface area contributed by atoms with Crippen molar-refractivity contribution in [3.8, 4) is 0 Å². The fraction of sp³-hybridized carbons (Fsp3) is 0.346. The standard InChI is InChI=1S/C26H31FN4O/c1-19-6-5-13-28-24(19)26(32)22-7-4-8-23(27)25(22)31-16-14-30(15-17-31)18-20-9-11-21(12-10-20)29(2)3/h4-13,26,32H,14-18H2,1-3H3. The minimum atomic E-state index is -0.963. The molecule has 1 saturated heterocycles. The molecule has 0 bridgehead atoms. The highest BCUT2D eigenvalue weighted by molar-refractivity contribution is 5.58. The Balaban J connectivity index is 1.47. The second kappa shape index (κ2) is 9.67. The normalized spacial score (nSPS) is 15.6. The van der Waals surface area contributed by atoms with Gasteiger partial charge in [0.25, 0.3) is 0 Å². The van der Waals surface area contributed by atoms with Crippen LogP contribution in [-0.4, -0.2) is 55.3 Å². The van der Waals surface area contributed by atoms with Crippen LogP contribution >= 0.6 is 0 Å². The van der Waals surface area contributed by atoms with E-state index in [0.717, 1.165) is 25.2 Å². The summed E-state index contributed by atoms with van der Waals surface area (Å²) in [7, 11) is 4.08. The van der Waals surface area contributed by atoms with Gasteiger partial charge in [0.1, 0.15) is 11.9 Å². The molecular formula is C26H31FN4O. The van der Waals surface area contributed by atoms with Crippen molar-refractivity contribution in [2.45, 2.75) is 19.6 Å². The van der Waals surface area contributed by atoms with E-state index in [0.29, 0.717) is 30.0 Å². The van der Waals surface area contributed by atoms with Crippen molar-refractivity contribution in [3.63, 3.8) is 0 Å². The average Bonchev–Trinajstić information content (AvgIpc) is 2.80. The van der Waals surface area contributed by atoms with Crippen LogP contribution in [0.2, 0.25) is 0 Å². The molecule has 4 rings (SSSR count). The smallest absolute Gasteiger partial charge is 0.146 e. The highest BCUT2D eigenvalue weighted by Crippen LogP contribution is 2.34. The Bertz CT molecular complexity index is 1050. The topological polar surface area (TPSA) is 42.8 Å². The van der Waals surface area contributed by atoms with Crippen molar-refractivity contribution in [3.05, 3.63) is 89.0 Å². The molecule has 6 heteroatoms. The van der Waals surface area contributed by atoms with Crippen LogP contribution in [-0.2, 0) is 6.54 Å². The molecule has 32 heavy (non-hydrogen) atoms. The molecule has 1 N–H and O–H groups in total. The van der Waals surface area contributed by atoms with E-state index >= 15 is 0 Å². The van der Waals surface area contributed by atoms with E-state index in [1.54, 1.807) is 18.3 Å². The molecule has 0 amide bonds. The van der Waals surface area contributed by atoms with Gasteiger partial charge in [-0.15, -0.1) is 0 Å². The lowest BCUT2D eigenvalue weighted by Crippen LogP contribution is -2.46. The lowest BCUT2D eigenvalue weighted by Gasteiger charge is -2.37. The summed E-state index contributed by atoms with van der Waals surface area (Å²) in [4.78, 5) is 10.9. The first kappa shape index (κ1) is 22.2. The summed E-state index contributed by atoms with van der Waals surface area (Å²) in [5.41, 5.74) is 4.98. The minimum Gasteiger partial charge on any atom is -0.382 e. The van der Waals surface area contributed by atoms with E-state index in [9.17, 15) is 9.50 Å². The maximum Gasteiger partial charge on any atom is 0.146 e. The Hall–Kier alpha value is -2.96. The Morgan fingerprint density at radius 3 is 2.38 bits per heavy atom. The molecule has 168 valence electrons. The predicted molar refractivity (Wildman–Crippen MR) is 128 cm³/mol. The summed E-state index contributed by atoms with van der Waals surface area (Å²) < 4.78 is 15.0. The van der Waals surface area contributed by atoms with Crippen molar-refractivity contribution in [2.75, 3.05) is 50.1 Å². The zero-order valence-electron chi connectivity index (χ0n) is 19.0. The molecule has 1 aliphatic rings. The van der Waals surface area contributed by atoms with Crippen LogP contribution in [0.3, 0.4) is 0 Å². The molecule has 2 aromatic carbocycles. The largest absolute Gasteiger partial charge is 0.382 e. The molecule has 1 fully saturated rings. The molecule has 0 saturated carbocycles. The van der Waals surface area contributed by atoms with E-state index in [2.05, 4.69) is 43.9 Å². The quantitative estimate of drug-likeness (QED) is 0.635. The molecule has 0 spiro atoms. The Morgan fingerprint density at radius 1 is 1.00 bits per heavy atom. The maximum absolute atomic E-state index is 15.0. The van der Waals surface area contributed by atoms with Gasteiger partial charge >= 0.3 is 0 Å². The van der Waals surface area contributed by atoms with Gasteiger partial charge in [0.05, 0.1) is 11.4 Å². The van der Waals surface area contributed by atoms with Gasteiger partial charge in [-0.05, 0) is 42.3 Å². The number of aromatic nitrogens is 1. The SMILES string of the molecule is Cc1cccnc1C(O)c1cccc(F)c1N1CCN(Cc2ccc(N(C)C)cc2)CC1. The number of hydrogen-bond donors (Lipinski definition) is 1. The third kappa shape index (κ3) is 4.76. The number of rotatable bonds is 6. The number of halogens is 1. The summed E-state index contributed by atoms with van der Waals surface area (Å²) in [5, 5.41) is 11.0. The molecule has 3 aromatic rings. The van der Waals surface area contributed by atoms with E-state index < -0.39 is 6.10 Å². The van der Waals surface area contributed by atoms with Crippen LogP contribution in [0.5, 0.6) is 0 Å². The second-order valence-electron chi connectivity index (χ2n) is 8.61. The fourth-order valence-corrected chi connectivity index (χ4v) is 4.31. The number of piperazine rings is 1. The Kier molecular flexibility index (Phi) is 6.72. The first-order valence-corrected chi connectivity index (χ1v) is 11.1. The summed E-state index contributed by atoms with van der Waals surface area (Å²) in [5.74, 6) is -0.303. The Morgan fingerprint density at radius 2 is 1.72 bits per heavy atom. The first-order chi connectivity index (χ1) is 15.4. The number of aliphatic hydroxyl groups is 1. The molecule has 1 aromatic heterocycles. The fourth-order valence-electron chi connectivity index (χ4n) is 4.31. The third-order valence-corrected chi connectivity index (χ3v) is 6.17. The third-order valence-electron chi connectivity index (χ3n) is 6.17. The number of aryl methyl sites for hydroxylation is 1. The zero-order valence-corrected chi connectivity index (χ0v) is 19.0. The monoisotopic (exact) mass is 434 g/mol. The van der Waals surface area contributed by atoms with Gasteiger partial charge in [-0.3, -0.25) is 9.88 Å². The number of anilines is 2. The van der Waals surface area contributed by atoms with Gasteiger partial charge in [-0.2, -0.15) is 0 Å². The van der Waals surface area contributed by atoms with Gasteiger partial charge in [0.2, 0.25) is 0 Å². The number of aliphatic hydroxyl groups excluding tert-OH is 1. The molecule has 1 atom stereocenters. The average molecular weight is 435 g/mol. The number of pyridine rings is 1. The molecular weight excluding hydrogens is 403 g/mol. The van der Waals surface area contributed by atoms with Crippen molar-refractivity contribution < 1.29 is 9.50 Å². The highest BCUT2D eigenvalue weighted by Gasteiger charge is 2.26. The van der Waals surface area contributed by atoms with Gasteiger partial charge in [0, 0.05) is 64.3 Å². The van der Waals surface area contributed by atoms with Gasteiger partial charge in [0.15, 0.2) is 0 Å². The molecule has 2 heterocycles. The first-order valence-electron chi connectivity index (χ1n) is 11.1. The highest BCUT2D eigenvalue weighted by atomic mass is 19.1. The van der Waals surface area contributed by atoms with Crippen LogP contribution < -0.4 is 9.80 Å². The second-order valence-corrected chi connectivity index (χ2v) is 8.61. The molecule has 0 radical (unpaired) electrons.